The van der Waals surface area contributed by atoms with E-state index in [0.29, 0.717) is 26.3 Å². The summed E-state index contributed by atoms with van der Waals surface area (Å²) in [5, 5.41) is 7.19. The summed E-state index contributed by atoms with van der Waals surface area (Å²) in [5.74, 6) is -0.0125. The lowest BCUT2D eigenvalue weighted by Gasteiger charge is -2.32. The maximum absolute atomic E-state index is 12.2. The molecule has 7 nitrogen and oxygen atoms in total. The van der Waals surface area contributed by atoms with Crippen molar-refractivity contribution in [1.82, 2.24) is 8.61 Å². The van der Waals surface area contributed by atoms with E-state index in [2.05, 4.69) is 0 Å². The van der Waals surface area contributed by atoms with Gasteiger partial charge in [-0.05, 0) is 6.92 Å². The molecule has 100 valence electrons. The highest BCUT2D eigenvalue weighted by Crippen LogP contribution is 2.13. The van der Waals surface area contributed by atoms with E-state index in [1.54, 1.807) is 6.92 Å². The van der Waals surface area contributed by atoms with Crippen LogP contribution in [0.2, 0.25) is 0 Å². The van der Waals surface area contributed by atoms with Crippen molar-refractivity contribution in [2.45, 2.75) is 19.4 Å². The van der Waals surface area contributed by atoms with Gasteiger partial charge in [0.1, 0.15) is 0 Å². The van der Waals surface area contributed by atoms with Crippen LogP contribution in [0.5, 0.6) is 0 Å². The van der Waals surface area contributed by atoms with E-state index in [1.165, 1.54) is 15.7 Å². The molecule has 0 aliphatic carbocycles. The van der Waals surface area contributed by atoms with Crippen LogP contribution in [0.4, 0.5) is 0 Å². The van der Waals surface area contributed by atoms with Crippen molar-refractivity contribution < 1.29 is 13.2 Å². The molecule has 1 heterocycles. The van der Waals surface area contributed by atoms with Crippen LogP contribution in [-0.4, -0.2) is 62.3 Å². The number of hydrogen-bond acceptors (Lipinski definition) is 4. The molecule has 1 rings (SSSR count). The maximum atomic E-state index is 12.2. The molecule has 17 heavy (non-hydrogen) atoms. The van der Waals surface area contributed by atoms with Crippen molar-refractivity contribution in [3.8, 4) is 0 Å². The zero-order valence-electron chi connectivity index (χ0n) is 10.2. The van der Waals surface area contributed by atoms with Gasteiger partial charge in [-0.15, -0.1) is 0 Å². The van der Waals surface area contributed by atoms with Crippen LogP contribution in [0.3, 0.4) is 0 Å². The highest BCUT2D eigenvalue weighted by atomic mass is 32.2. The summed E-state index contributed by atoms with van der Waals surface area (Å²) in [6.45, 7) is 3.33. The third-order valence-corrected chi connectivity index (χ3v) is 4.90. The molecule has 0 radical (unpaired) electrons. The van der Waals surface area contributed by atoms with Crippen molar-refractivity contribution in [2.24, 2.45) is 5.73 Å². The molecule has 0 aromatic rings. The summed E-state index contributed by atoms with van der Waals surface area (Å²) in [7, 11) is -1.96. The minimum atomic E-state index is -3.47. The van der Waals surface area contributed by atoms with Gasteiger partial charge in [0, 0.05) is 32.6 Å². The number of nitrogens with one attached hydrogen (secondary N) is 1. The van der Waals surface area contributed by atoms with E-state index in [9.17, 15) is 8.42 Å². The fourth-order valence-corrected chi connectivity index (χ4v) is 3.14. The van der Waals surface area contributed by atoms with E-state index in [1.807, 2.05) is 0 Å². The van der Waals surface area contributed by atoms with Crippen LogP contribution in [-0.2, 0) is 14.9 Å². The Bertz CT molecular complexity index is 364. The van der Waals surface area contributed by atoms with Gasteiger partial charge < -0.3 is 10.5 Å². The molecular weight excluding hydrogens is 244 g/mol. The highest BCUT2D eigenvalue weighted by Gasteiger charge is 2.31. The van der Waals surface area contributed by atoms with Gasteiger partial charge in [0.25, 0.3) is 10.2 Å². The van der Waals surface area contributed by atoms with Gasteiger partial charge in [-0.1, -0.05) is 0 Å². The van der Waals surface area contributed by atoms with Crippen LogP contribution < -0.4 is 5.73 Å². The SMILES string of the molecule is CC(CC(=N)N)N(C)S(=O)(=O)N1CCOCC1. The van der Waals surface area contributed by atoms with Gasteiger partial charge in [0.05, 0.1) is 19.0 Å². The second kappa shape index (κ2) is 5.76. The number of nitrogens with zero attached hydrogens (tertiary/aromatic N) is 2. The monoisotopic (exact) mass is 264 g/mol. The van der Waals surface area contributed by atoms with Crippen molar-refractivity contribution in [2.75, 3.05) is 33.4 Å². The molecule has 3 N–H and O–H groups in total. The molecule has 1 fully saturated rings. The van der Waals surface area contributed by atoms with Crippen LogP contribution in [0.1, 0.15) is 13.3 Å². The van der Waals surface area contributed by atoms with Gasteiger partial charge in [-0.25, -0.2) is 0 Å². The predicted octanol–water partition coefficient (Wildman–Crippen LogP) is -0.790. The topological polar surface area (TPSA) is 99.7 Å². The van der Waals surface area contributed by atoms with Gasteiger partial charge >= 0.3 is 0 Å². The molecule has 0 aromatic heterocycles. The van der Waals surface area contributed by atoms with E-state index in [-0.39, 0.29) is 18.3 Å². The van der Waals surface area contributed by atoms with Gasteiger partial charge in [0.15, 0.2) is 0 Å². The fourth-order valence-electron chi connectivity index (χ4n) is 1.63. The number of hydrogen-bond donors (Lipinski definition) is 2. The lowest BCUT2D eigenvalue weighted by Crippen LogP contribution is -2.50. The van der Waals surface area contributed by atoms with E-state index in [0.717, 1.165) is 0 Å². The summed E-state index contributed by atoms with van der Waals surface area (Å²) in [4.78, 5) is 0. The predicted molar refractivity (Wildman–Crippen MR) is 65.1 cm³/mol. The summed E-state index contributed by atoms with van der Waals surface area (Å²) >= 11 is 0. The number of amidine groups is 1. The Morgan fingerprint density at radius 2 is 2.06 bits per heavy atom. The first-order valence-electron chi connectivity index (χ1n) is 5.49. The number of morpholine rings is 1. The molecule has 1 atom stereocenters. The Hall–Kier alpha value is -0.700. The second-order valence-corrected chi connectivity index (χ2v) is 6.10. The summed E-state index contributed by atoms with van der Waals surface area (Å²) < 4.78 is 32.2. The van der Waals surface area contributed by atoms with Crippen molar-refractivity contribution in [3.05, 3.63) is 0 Å². The molecule has 1 aliphatic heterocycles. The second-order valence-electron chi connectivity index (χ2n) is 4.11. The minimum absolute atomic E-state index is 0.0125. The Morgan fingerprint density at radius 1 is 1.53 bits per heavy atom. The first kappa shape index (κ1) is 14.4. The summed E-state index contributed by atoms with van der Waals surface area (Å²) in [6, 6.07) is -0.319. The first-order valence-corrected chi connectivity index (χ1v) is 6.89. The Kier molecular flexibility index (Phi) is 4.87. The van der Waals surface area contributed by atoms with Crippen LogP contribution >= 0.6 is 0 Å². The standard InChI is InChI=1S/C9H20N4O3S/c1-8(7-9(10)11)12(2)17(14,15)13-3-5-16-6-4-13/h8H,3-7H2,1-2H3,(H3,10,11). The lowest BCUT2D eigenvalue weighted by molar-refractivity contribution is 0.0700. The van der Waals surface area contributed by atoms with Crippen molar-refractivity contribution in [1.29, 1.82) is 5.41 Å². The fraction of sp³-hybridized carbons (Fsp3) is 0.889. The first-order chi connectivity index (χ1) is 7.85. The molecule has 1 unspecified atom stereocenters. The maximum Gasteiger partial charge on any atom is 0.282 e. The number of nitrogens with two attached hydrogens (primary N) is 1. The third-order valence-electron chi connectivity index (χ3n) is 2.80. The average Bonchev–Trinajstić information content (AvgIpc) is 2.28. The van der Waals surface area contributed by atoms with E-state index < -0.39 is 10.2 Å². The zero-order chi connectivity index (χ0) is 13.1. The summed E-state index contributed by atoms with van der Waals surface area (Å²) in [6.07, 6.45) is 0.236. The highest BCUT2D eigenvalue weighted by molar-refractivity contribution is 7.86. The Labute approximate surface area is 102 Å². The molecular formula is C9H20N4O3S. The van der Waals surface area contributed by atoms with Crippen molar-refractivity contribution >= 4 is 16.0 Å². The summed E-state index contributed by atoms with van der Waals surface area (Å²) in [5.41, 5.74) is 5.28. The van der Waals surface area contributed by atoms with Gasteiger partial charge in [0.2, 0.25) is 0 Å². The largest absolute Gasteiger partial charge is 0.388 e. The van der Waals surface area contributed by atoms with E-state index >= 15 is 0 Å². The van der Waals surface area contributed by atoms with Gasteiger partial charge in [-0.2, -0.15) is 17.0 Å². The minimum Gasteiger partial charge on any atom is -0.388 e. The average molecular weight is 264 g/mol. The van der Waals surface area contributed by atoms with Crippen LogP contribution in [0, 0.1) is 5.41 Å². The zero-order valence-corrected chi connectivity index (χ0v) is 11.0. The third kappa shape index (κ3) is 3.63. The van der Waals surface area contributed by atoms with Crippen LogP contribution in [0.25, 0.3) is 0 Å². The molecule has 0 amide bonds. The molecule has 0 spiro atoms. The molecule has 1 aliphatic rings. The van der Waals surface area contributed by atoms with Crippen LogP contribution in [0.15, 0.2) is 0 Å². The lowest BCUT2D eigenvalue weighted by atomic mass is 10.2. The van der Waals surface area contributed by atoms with Gasteiger partial charge in [-0.3, -0.25) is 5.41 Å². The molecule has 0 aromatic carbocycles. The van der Waals surface area contributed by atoms with E-state index in [4.69, 9.17) is 15.9 Å². The smallest absolute Gasteiger partial charge is 0.282 e. The molecule has 0 saturated carbocycles. The quantitative estimate of drug-likeness (QED) is 0.502. The molecule has 1 saturated heterocycles. The normalized spacial score (nSPS) is 20.4. The number of ether oxygens (including phenoxy) is 1. The molecule has 0 bridgehead atoms. The van der Waals surface area contributed by atoms with Crippen molar-refractivity contribution in [3.63, 3.8) is 0 Å². The number of rotatable bonds is 5. The Balaban J connectivity index is 2.71. The molecule has 8 heteroatoms. The Morgan fingerprint density at radius 3 is 2.53 bits per heavy atom.